The Morgan fingerprint density at radius 2 is 1.35 bits per heavy atom. The molecule has 3 aromatic carbocycles. The van der Waals surface area contributed by atoms with E-state index >= 15 is 0 Å². The number of alkyl carbamates (subject to hydrolysis) is 1. The van der Waals surface area contributed by atoms with Gasteiger partial charge in [-0.25, -0.2) is 9.59 Å². The minimum absolute atomic E-state index is 0.0870. The van der Waals surface area contributed by atoms with Gasteiger partial charge in [-0.05, 0) is 48.6 Å². The maximum Gasteiger partial charge on any atom is 0.407 e. The summed E-state index contributed by atoms with van der Waals surface area (Å²) in [6, 6.07) is 25.0. The van der Waals surface area contributed by atoms with Gasteiger partial charge in [0.1, 0.15) is 24.3 Å². The van der Waals surface area contributed by atoms with E-state index in [2.05, 4.69) is 10.6 Å². The molecule has 2 amide bonds. The highest BCUT2D eigenvalue weighted by atomic mass is 16.6. The van der Waals surface area contributed by atoms with Crippen LogP contribution in [-0.2, 0) is 38.5 Å². The van der Waals surface area contributed by atoms with Gasteiger partial charge in [0.05, 0.1) is 0 Å². The third-order valence-electron chi connectivity index (χ3n) is 6.08. The molecule has 0 spiro atoms. The third kappa shape index (κ3) is 6.55. The molecule has 7 heteroatoms. The molecule has 1 aliphatic carbocycles. The van der Waals surface area contributed by atoms with Crippen LogP contribution in [0, 0.1) is 0 Å². The van der Waals surface area contributed by atoms with Gasteiger partial charge in [-0.3, -0.25) is 4.79 Å². The summed E-state index contributed by atoms with van der Waals surface area (Å²) in [4.78, 5) is 39.0. The van der Waals surface area contributed by atoms with E-state index in [0.29, 0.717) is 0 Å². The van der Waals surface area contributed by atoms with Crippen molar-refractivity contribution < 1.29 is 23.9 Å². The van der Waals surface area contributed by atoms with E-state index in [0.717, 1.165) is 27.8 Å². The van der Waals surface area contributed by atoms with Gasteiger partial charge in [0, 0.05) is 12.8 Å². The number of fused-ring (bicyclic) bond motifs is 3. The Bertz CT molecular complexity index is 1230. The summed E-state index contributed by atoms with van der Waals surface area (Å²) in [5, 5.41) is 5.40. The maximum absolute atomic E-state index is 13.7. The topological polar surface area (TPSA) is 93.7 Å². The zero-order valence-corrected chi connectivity index (χ0v) is 21.4. The van der Waals surface area contributed by atoms with Gasteiger partial charge in [0.2, 0.25) is 5.91 Å². The van der Waals surface area contributed by atoms with Crippen molar-refractivity contribution in [3.8, 4) is 11.1 Å². The molecule has 0 atom stereocenters. The monoisotopic (exact) mass is 500 g/mol. The number of ether oxygens (including phenoxy) is 2. The molecule has 192 valence electrons. The van der Waals surface area contributed by atoms with E-state index in [1.54, 1.807) is 20.8 Å². The summed E-state index contributed by atoms with van der Waals surface area (Å²) in [6.45, 7) is 5.13. The minimum Gasteiger partial charge on any atom is -0.458 e. The van der Waals surface area contributed by atoms with E-state index in [1.165, 1.54) is 0 Å². The second-order valence-electron chi connectivity index (χ2n) is 10.2. The van der Waals surface area contributed by atoms with Gasteiger partial charge in [-0.1, -0.05) is 78.9 Å². The lowest BCUT2D eigenvalue weighted by Crippen LogP contribution is -2.60. The molecule has 0 aromatic heterocycles. The fraction of sp³-hybridized carbons (Fsp3) is 0.300. The van der Waals surface area contributed by atoms with E-state index in [1.807, 2.05) is 78.9 Å². The normalized spacial score (nSPS) is 13.8. The summed E-state index contributed by atoms with van der Waals surface area (Å²) < 4.78 is 11.0. The first-order chi connectivity index (χ1) is 17.7. The molecule has 0 radical (unpaired) electrons. The van der Waals surface area contributed by atoms with Crippen LogP contribution in [0.5, 0.6) is 0 Å². The molecular formula is C30H32N2O5. The highest BCUT2D eigenvalue weighted by Crippen LogP contribution is 2.37. The van der Waals surface area contributed by atoms with Crippen LogP contribution in [0.4, 0.5) is 4.79 Å². The fourth-order valence-corrected chi connectivity index (χ4v) is 4.48. The third-order valence-corrected chi connectivity index (χ3v) is 6.08. The van der Waals surface area contributed by atoms with Gasteiger partial charge in [0.25, 0.3) is 0 Å². The van der Waals surface area contributed by atoms with E-state index in [9.17, 15) is 14.4 Å². The van der Waals surface area contributed by atoms with Crippen LogP contribution in [0.25, 0.3) is 11.1 Å². The van der Waals surface area contributed by atoms with Crippen LogP contribution >= 0.6 is 0 Å². The predicted molar refractivity (Wildman–Crippen MR) is 141 cm³/mol. The Morgan fingerprint density at radius 1 is 0.811 bits per heavy atom. The smallest absolute Gasteiger partial charge is 0.407 e. The molecule has 7 nitrogen and oxygen atoms in total. The number of benzene rings is 3. The Labute approximate surface area is 217 Å². The van der Waals surface area contributed by atoms with Crippen molar-refractivity contribution in [3.05, 3.63) is 95.6 Å². The molecule has 0 saturated carbocycles. The van der Waals surface area contributed by atoms with Crippen molar-refractivity contribution in [3.63, 3.8) is 0 Å². The second kappa shape index (κ2) is 10.9. The Kier molecular flexibility index (Phi) is 7.62. The molecule has 0 unspecified atom stereocenters. The number of carbonyl (C=O) groups is 3. The van der Waals surface area contributed by atoms with E-state index in [4.69, 9.17) is 9.47 Å². The highest BCUT2D eigenvalue weighted by Gasteiger charge is 2.45. The van der Waals surface area contributed by atoms with Crippen molar-refractivity contribution in [2.24, 2.45) is 0 Å². The SMILES string of the molecule is CC(C)(C)OC(=O)C1(NC(=O)CNC(=O)OCc2ccccc2)Cc2ccccc2-c2ccccc2C1. The van der Waals surface area contributed by atoms with Crippen molar-refractivity contribution in [1.29, 1.82) is 0 Å². The number of amides is 2. The summed E-state index contributed by atoms with van der Waals surface area (Å²) in [5.41, 5.74) is 2.60. The lowest BCUT2D eigenvalue weighted by molar-refractivity contribution is -0.164. The highest BCUT2D eigenvalue weighted by molar-refractivity contribution is 5.92. The molecule has 37 heavy (non-hydrogen) atoms. The molecule has 1 aliphatic rings. The summed E-state index contributed by atoms with van der Waals surface area (Å²) in [7, 11) is 0. The molecular weight excluding hydrogens is 468 g/mol. The van der Waals surface area contributed by atoms with Crippen molar-refractivity contribution in [2.75, 3.05) is 6.54 Å². The molecule has 0 heterocycles. The first-order valence-corrected chi connectivity index (χ1v) is 12.3. The molecule has 0 bridgehead atoms. The lowest BCUT2D eigenvalue weighted by atomic mass is 9.86. The number of hydrogen-bond donors (Lipinski definition) is 2. The zero-order valence-electron chi connectivity index (χ0n) is 21.4. The molecule has 0 saturated heterocycles. The Hall–Kier alpha value is -4.13. The molecule has 3 aromatic rings. The first kappa shape index (κ1) is 25.9. The van der Waals surface area contributed by atoms with E-state index < -0.39 is 29.1 Å². The zero-order chi connectivity index (χ0) is 26.5. The van der Waals surface area contributed by atoms with Gasteiger partial charge in [0.15, 0.2) is 0 Å². The number of nitrogens with one attached hydrogen (secondary N) is 2. The van der Waals surface area contributed by atoms with Crippen LogP contribution in [-0.4, -0.2) is 35.7 Å². The molecule has 2 N–H and O–H groups in total. The average Bonchev–Trinajstić information content (AvgIpc) is 3.00. The summed E-state index contributed by atoms with van der Waals surface area (Å²) in [6.07, 6.45) is -0.227. The lowest BCUT2D eigenvalue weighted by Gasteiger charge is -2.35. The van der Waals surface area contributed by atoms with Crippen LogP contribution in [0.15, 0.2) is 78.9 Å². The standard InChI is InChI=1S/C30H32N2O5/c1-29(2,3)37-27(34)30(32-26(33)19-31-28(35)36-20-21-11-5-4-6-12-21)17-22-13-7-9-15-24(22)25-16-10-8-14-23(25)18-30/h4-16H,17-20H2,1-3H3,(H,31,35)(H,32,33). The molecule has 0 fully saturated rings. The van der Waals surface area contributed by atoms with Gasteiger partial charge < -0.3 is 20.1 Å². The van der Waals surface area contributed by atoms with Crippen molar-refractivity contribution >= 4 is 18.0 Å². The Balaban J connectivity index is 1.55. The van der Waals surface area contributed by atoms with Gasteiger partial charge in [-0.15, -0.1) is 0 Å². The number of carbonyl (C=O) groups excluding carboxylic acids is 3. The van der Waals surface area contributed by atoms with Crippen molar-refractivity contribution in [1.82, 2.24) is 10.6 Å². The average molecular weight is 501 g/mol. The number of rotatable bonds is 6. The van der Waals surface area contributed by atoms with E-state index in [-0.39, 0.29) is 26.0 Å². The van der Waals surface area contributed by atoms with Crippen molar-refractivity contribution in [2.45, 2.75) is 51.4 Å². The van der Waals surface area contributed by atoms with Crippen LogP contribution in [0.3, 0.4) is 0 Å². The van der Waals surface area contributed by atoms with Crippen LogP contribution in [0.2, 0.25) is 0 Å². The first-order valence-electron chi connectivity index (χ1n) is 12.3. The molecule has 4 rings (SSSR count). The second-order valence-corrected chi connectivity index (χ2v) is 10.2. The van der Waals surface area contributed by atoms with Crippen LogP contribution in [0.1, 0.15) is 37.5 Å². The van der Waals surface area contributed by atoms with Gasteiger partial charge >= 0.3 is 12.1 Å². The largest absolute Gasteiger partial charge is 0.458 e. The predicted octanol–water partition coefficient (Wildman–Crippen LogP) is 4.58. The minimum atomic E-state index is -1.36. The molecule has 0 aliphatic heterocycles. The number of hydrogen-bond acceptors (Lipinski definition) is 5. The summed E-state index contributed by atoms with van der Waals surface area (Å²) >= 11 is 0. The maximum atomic E-state index is 13.7. The quantitative estimate of drug-likeness (QED) is 0.484. The van der Waals surface area contributed by atoms with Crippen LogP contribution < -0.4 is 10.6 Å². The fourth-order valence-electron chi connectivity index (χ4n) is 4.48. The number of esters is 1. The van der Waals surface area contributed by atoms with Gasteiger partial charge in [-0.2, -0.15) is 0 Å². The summed E-state index contributed by atoms with van der Waals surface area (Å²) in [5.74, 6) is -1.04. The Morgan fingerprint density at radius 3 is 1.92 bits per heavy atom.